The van der Waals surface area contributed by atoms with Crippen molar-refractivity contribution in [2.45, 2.75) is 37.1 Å². The maximum Gasteiger partial charge on any atom is 0.241 e. The Labute approximate surface area is 143 Å². The van der Waals surface area contributed by atoms with Crippen molar-refractivity contribution in [2.75, 3.05) is 25.1 Å². The van der Waals surface area contributed by atoms with E-state index in [2.05, 4.69) is 10.0 Å². The molecule has 1 aromatic carbocycles. The van der Waals surface area contributed by atoms with Crippen LogP contribution in [0.15, 0.2) is 29.2 Å². The molecular formula is C16H25N3O4S. The van der Waals surface area contributed by atoms with Crippen LogP contribution in [-0.2, 0) is 19.6 Å². The third kappa shape index (κ3) is 5.01. The number of sulfonamides is 1. The van der Waals surface area contributed by atoms with Gasteiger partial charge in [-0.2, -0.15) is 0 Å². The first-order chi connectivity index (χ1) is 11.4. The standard InChI is InChI=1S/C16H25N3O4S/c1-2-9-18-24(21,22)14-5-3-13(4-6-14)19-16(20)15(17)12-7-10-23-11-8-12/h3-6,12,15,18H,2,7-11,17H2,1H3,(H,19,20). The zero-order valence-corrected chi connectivity index (χ0v) is 14.6. The van der Waals surface area contributed by atoms with Crippen molar-refractivity contribution in [2.24, 2.45) is 11.7 Å². The topological polar surface area (TPSA) is 111 Å². The summed E-state index contributed by atoms with van der Waals surface area (Å²) in [5.74, 6) is -0.154. The van der Waals surface area contributed by atoms with Crippen LogP contribution in [0.2, 0.25) is 0 Å². The van der Waals surface area contributed by atoms with Gasteiger partial charge in [0.05, 0.1) is 10.9 Å². The Balaban J connectivity index is 1.96. The summed E-state index contributed by atoms with van der Waals surface area (Å²) in [7, 11) is -3.50. The van der Waals surface area contributed by atoms with Crippen molar-refractivity contribution in [1.82, 2.24) is 4.72 Å². The van der Waals surface area contributed by atoms with Crippen LogP contribution in [0.25, 0.3) is 0 Å². The molecule has 134 valence electrons. The lowest BCUT2D eigenvalue weighted by atomic mass is 9.92. The third-order valence-electron chi connectivity index (χ3n) is 4.05. The number of carbonyl (C=O) groups is 1. The SMILES string of the molecule is CCCNS(=O)(=O)c1ccc(NC(=O)C(N)C2CCOCC2)cc1. The summed E-state index contributed by atoms with van der Waals surface area (Å²) >= 11 is 0. The maximum absolute atomic E-state index is 12.2. The molecule has 4 N–H and O–H groups in total. The molecule has 1 aliphatic heterocycles. The van der Waals surface area contributed by atoms with Gasteiger partial charge in [0, 0.05) is 25.4 Å². The first-order valence-electron chi connectivity index (χ1n) is 8.18. The molecule has 1 aromatic rings. The Bertz CT molecular complexity index is 640. The summed E-state index contributed by atoms with van der Waals surface area (Å²) in [6.45, 7) is 3.54. The van der Waals surface area contributed by atoms with E-state index in [1.54, 1.807) is 12.1 Å². The highest BCUT2D eigenvalue weighted by Crippen LogP contribution is 2.19. The van der Waals surface area contributed by atoms with E-state index in [1.165, 1.54) is 12.1 Å². The van der Waals surface area contributed by atoms with E-state index in [0.29, 0.717) is 25.4 Å². The largest absolute Gasteiger partial charge is 0.381 e. The van der Waals surface area contributed by atoms with Gasteiger partial charge in [-0.3, -0.25) is 4.79 Å². The number of hydrogen-bond acceptors (Lipinski definition) is 5. The minimum Gasteiger partial charge on any atom is -0.381 e. The summed E-state index contributed by atoms with van der Waals surface area (Å²) in [6.07, 6.45) is 2.27. The van der Waals surface area contributed by atoms with Crippen molar-refractivity contribution >= 4 is 21.6 Å². The van der Waals surface area contributed by atoms with E-state index in [1.807, 2.05) is 6.92 Å². The normalized spacial score (nSPS) is 17.4. The molecule has 0 bridgehead atoms. The lowest BCUT2D eigenvalue weighted by Crippen LogP contribution is -2.44. The second-order valence-corrected chi connectivity index (χ2v) is 7.65. The molecule has 1 amide bonds. The number of benzene rings is 1. The van der Waals surface area contributed by atoms with Crippen molar-refractivity contribution in [3.8, 4) is 0 Å². The predicted molar refractivity (Wildman–Crippen MR) is 92.1 cm³/mol. The molecule has 1 heterocycles. The third-order valence-corrected chi connectivity index (χ3v) is 5.53. The van der Waals surface area contributed by atoms with Crippen molar-refractivity contribution in [3.63, 3.8) is 0 Å². The first kappa shape index (κ1) is 18.9. The Morgan fingerprint density at radius 3 is 2.50 bits per heavy atom. The van der Waals surface area contributed by atoms with Gasteiger partial charge in [-0.25, -0.2) is 13.1 Å². The maximum atomic E-state index is 12.2. The second-order valence-electron chi connectivity index (χ2n) is 5.89. The van der Waals surface area contributed by atoms with E-state index in [4.69, 9.17) is 10.5 Å². The Morgan fingerprint density at radius 2 is 1.92 bits per heavy atom. The first-order valence-corrected chi connectivity index (χ1v) is 9.66. The molecule has 7 nitrogen and oxygen atoms in total. The van der Waals surface area contributed by atoms with Gasteiger partial charge >= 0.3 is 0 Å². The summed E-state index contributed by atoms with van der Waals surface area (Å²) in [4.78, 5) is 12.4. The van der Waals surface area contributed by atoms with Crippen LogP contribution in [-0.4, -0.2) is 40.1 Å². The van der Waals surface area contributed by atoms with Gasteiger partial charge in [-0.15, -0.1) is 0 Å². The molecule has 0 aromatic heterocycles. The molecule has 0 spiro atoms. The molecule has 0 aliphatic carbocycles. The number of rotatable bonds is 7. The average Bonchev–Trinajstić information content (AvgIpc) is 2.60. The lowest BCUT2D eigenvalue weighted by molar-refractivity contribution is -0.119. The molecular weight excluding hydrogens is 330 g/mol. The molecule has 1 fully saturated rings. The molecule has 8 heteroatoms. The fourth-order valence-electron chi connectivity index (χ4n) is 2.55. The number of hydrogen-bond donors (Lipinski definition) is 3. The minimum atomic E-state index is -3.50. The summed E-state index contributed by atoms with van der Waals surface area (Å²) in [5, 5.41) is 2.74. The fourth-order valence-corrected chi connectivity index (χ4v) is 3.69. The monoisotopic (exact) mass is 355 g/mol. The molecule has 0 radical (unpaired) electrons. The fraction of sp³-hybridized carbons (Fsp3) is 0.562. The van der Waals surface area contributed by atoms with Gasteiger partial charge in [-0.05, 0) is 49.4 Å². The van der Waals surface area contributed by atoms with Gasteiger partial charge in [-0.1, -0.05) is 6.92 Å². The van der Waals surface area contributed by atoms with Crippen LogP contribution >= 0.6 is 0 Å². The van der Waals surface area contributed by atoms with Crippen LogP contribution in [0.3, 0.4) is 0 Å². The number of nitrogens with one attached hydrogen (secondary N) is 2. The van der Waals surface area contributed by atoms with Crippen molar-refractivity contribution in [1.29, 1.82) is 0 Å². The smallest absolute Gasteiger partial charge is 0.241 e. The Kier molecular flexibility index (Phi) is 6.73. The van der Waals surface area contributed by atoms with Crippen LogP contribution in [0.1, 0.15) is 26.2 Å². The van der Waals surface area contributed by atoms with Crippen LogP contribution in [0, 0.1) is 5.92 Å². The van der Waals surface area contributed by atoms with E-state index in [0.717, 1.165) is 19.3 Å². The molecule has 1 unspecified atom stereocenters. The minimum absolute atomic E-state index is 0.108. The van der Waals surface area contributed by atoms with Gasteiger partial charge < -0.3 is 15.8 Å². The van der Waals surface area contributed by atoms with Gasteiger partial charge in [0.2, 0.25) is 15.9 Å². The van der Waals surface area contributed by atoms with Crippen LogP contribution in [0.5, 0.6) is 0 Å². The van der Waals surface area contributed by atoms with Crippen molar-refractivity contribution < 1.29 is 17.9 Å². The van der Waals surface area contributed by atoms with Crippen LogP contribution in [0.4, 0.5) is 5.69 Å². The highest BCUT2D eigenvalue weighted by atomic mass is 32.2. The van der Waals surface area contributed by atoms with E-state index >= 15 is 0 Å². The number of nitrogens with two attached hydrogens (primary N) is 1. The van der Waals surface area contributed by atoms with Gasteiger partial charge in [0.1, 0.15) is 0 Å². The Hall–Kier alpha value is -1.48. The molecule has 1 aliphatic rings. The van der Waals surface area contributed by atoms with Crippen LogP contribution < -0.4 is 15.8 Å². The second kappa shape index (κ2) is 8.57. The molecule has 0 saturated carbocycles. The zero-order chi connectivity index (χ0) is 17.6. The molecule has 2 rings (SSSR count). The zero-order valence-electron chi connectivity index (χ0n) is 13.8. The summed E-state index contributed by atoms with van der Waals surface area (Å²) in [5.41, 5.74) is 6.55. The molecule has 1 saturated heterocycles. The van der Waals surface area contributed by atoms with E-state index in [9.17, 15) is 13.2 Å². The van der Waals surface area contributed by atoms with Gasteiger partial charge in [0.25, 0.3) is 0 Å². The van der Waals surface area contributed by atoms with E-state index in [-0.39, 0.29) is 16.7 Å². The van der Waals surface area contributed by atoms with E-state index < -0.39 is 16.1 Å². The lowest BCUT2D eigenvalue weighted by Gasteiger charge is -2.26. The average molecular weight is 355 g/mol. The highest BCUT2D eigenvalue weighted by Gasteiger charge is 2.26. The highest BCUT2D eigenvalue weighted by molar-refractivity contribution is 7.89. The summed E-state index contributed by atoms with van der Waals surface area (Å²) < 4.78 is 31.8. The van der Waals surface area contributed by atoms with Gasteiger partial charge in [0.15, 0.2) is 0 Å². The number of carbonyl (C=O) groups excluding carboxylic acids is 1. The number of anilines is 1. The van der Waals surface area contributed by atoms with Crippen molar-refractivity contribution in [3.05, 3.63) is 24.3 Å². The quantitative estimate of drug-likeness (QED) is 0.677. The molecule has 24 heavy (non-hydrogen) atoms. The molecule has 1 atom stereocenters. The number of amides is 1. The predicted octanol–water partition coefficient (Wildman–Crippen LogP) is 1.07. The summed E-state index contributed by atoms with van der Waals surface area (Å²) in [6, 6.07) is 5.47. The Morgan fingerprint density at radius 1 is 1.29 bits per heavy atom. The number of ether oxygens (including phenoxy) is 1.